The van der Waals surface area contributed by atoms with Gasteiger partial charge in [0.1, 0.15) is 5.75 Å². The van der Waals surface area contributed by atoms with Gasteiger partial charge in [-0.2, -0.15) is 5.10 Å². The first-order chi connectivity index (χ1) is 8.33. The van der Waals surface area contributed by atoms with Crippen LogP contribution in [0.1, 0.15) is 32.1 Å². The molecule has 3 rings (SSSR count). The lowest BCUT2D eigenvalue weighted by Crippen LogP contribution is -2.19. The minimum absolute atomic E-state index is 0.371. The second kappa shape index (κ2) is 4.69. The maximum atomic E-state index is 6.12. The van der Waals surface area contributed by atoms with Gasteiger partial charge in [0.25, 0.3) is 0 Å². The van der Waals surface area contributed by atoms with Crippen LogP contribution in [0, 0.1) is 0 Å². The highest BCUT2D eigenvalue weighted by atomic mass is 79.9. The van der Waals surface area contributed by atoms with E-state index in [1.54, 1.807) is 0 Å². The molecule has 90 valence electrons. The van der Waals surface area contributed by atoms with Crippen LogP contribution in [-0.4, -0.2) is 16.3 Å². The second-order valence-electron chi connectivity index (χ2n) is 4.61. The molecule has 1 heterocycles. The van der Waals surface area contributed by atoms with Gasteiger partial charge in [-0.25, -0.2) is 0 Å². The Morgan fingerprint density at radius 3 is 2.88 bits per heavy atom. The van der Waals surface area contributed by atoms with Gasteiger partial charge in [-0.3, -0.25) is 5.10 Å². The lowest BCUT2D eigenvalue weighted by atomic mass is 9.98. The molecule has 0 spiro atoms. The van der Waals surface area contributed by atoms with Crippen molar-refractivity contribution in [3.05, 3.63) is 22.8 Å². The quantitative estimate of drug-likeness (QED) is 0.908. The van der Waals surface area contributed by atoms with E-state index >= 15 is 0 Å². The molecule has 1 N–H and O–H groups in total. The third-order valence-electron chi connectivity index (χ3n) is 3.33. The van der Waals surface area contributed by atoms with E-state index in [0.717, 1.165) is 21.1 Å². The van der Waals surface area contributed by atoms with Crippen LogP contribution in [0.3, 0.4) is 0 Å². The number of ether oxygens (including phenoxy) is 1. The number of aromatic amines is 1. The SMILES string of the molecule is Brc1cc(OC2CCCCC2)c2cn[nH]c2c1. The number of nitrogens with zero attached hydrogens (tertiary/aromatic N) is 1. The van der Waals surface area contributed by atoms with Crippen molar-refractivity contribution >= 4 is 26.8 Å². The molecule has 0 unspecified atom stereocenters. The molecule has 0 aliphatic heterocycles. The van der Waals surface area contributed by atoms with Crippen LogP contribution in [-0.2, 0) is 0 Å². The molecule has 0 radical (unpaired) electrons. The second-order valence-corrected chi connectivity index (χ2v) is 5.53. The summed E-state index contributed by atoms with van der Waals surface area (Å²) in [4.78, 5) is 0. The maximum Gasteiger partial charge on any atom is 0.131 e. The summed E-state index contributed by atoms with van der Waals surface area (Å²) in [7, 11) is 0. The first-order valence-electron chi connectivity index (χ1n) is 6.12. The van der Waals surface area contributed by atoms with Crippen molar-refractivity contribution in [2.24, 2.45) is 0 Å². The van der Waals surface area contributed by atoms with Crippen LogP contribution in [0.25, 0.3) is 10.9 Å². The monoisotopic (exact) mass is 294 g/mol. The van der Waals surface area contributed by atoms with Gasteiger partial charge in [0.2, 0.25) is 0 Å². The maximum absolute atomic E-state index is 6.12. The molecule has 0 atom stereocenters. The smallest absolute Gasteiger partial charge is 0.131 e. The fourth-order valence-corrected chi connectivity index (χ4v) is 2.88. The number of fused-ring (bicyclic) bond motifs is 1. The van der Waals surface area contributed by atoms with Crippen molar-refractivity contribution in [1.82, 2.24) is 10.2 Å². The van der Waals surface area contributed by atoms with E-state index in [2.05, 4.69) is 26.1 Å². The molecule has 1 aliphatic rings. The predicted molar refractivity (Wildman–Crippen MR) is 71.3 cm³/mol. The van der Waals surface area contributed by atoms with E-state index in [1.165, 1.54) is 32.1 Å². The number of rotatable bonds is 2. The van der Waals surface area contributed by atoms with E-state index in [-0.39, 0.29) is 0 Å². The first-order valence-corrected chi connectivity index (χ1v) is 6.91. The summed E-state index contributed by atoms with van der Waals surface area (Å²) in [5, 5.41) is 8.12. The Hall–Kier alpha value is -1.03. The molecule has 3 nitrogen and oxygen atoms in total. The number of benzene rings is 1. The van der Waals surface area contributed by atoms with Crippen molar-refractivity contribution in [3.8, 4) is 5.75 Å². The molecule has 1 aromatic heterocycles. The highest BCUT2D eigenvalue weighted by molar-refractivity contribution is 9.10. The lowest BCUT2D eigenvalue weighted by molar-refractivity contribution is 0.157. The molecule has 0 bridgehead atoms. The van der Waals surface area contributed by atoms with E-state index < -0.39 is 0 Å². The van der Waals surface area contributed by atoms with Gasteiger partial charge >= 0.3 is 0 Å². The largest absolute Gasteiger partial charge is 0.490 e. The minimum atomic E-state index is 0.371. The Kier molecular flexibility index (Phi) is 3.05. The van der Waals surface area contributed by atoms with Gasteiger partial charge < -0.3 is 4.74 Å². The van der Waals surface area contributed by atoms with Crippen molar-refractivity contribution in [3.63, 3.8) is 0 Å². The Bertz CT molecular complexity index is 517. The summed E-state index contributed by atoms with van der Waals surface area (Å²) in [6.07, 6.45) is 8.47. The number of hydrogen-bond donors (Lipinski definition) is 1. The fraction of sp³-hybridized carbons (Fsp3) is 0.462. The average molecular weight is 295 g/mol. The van der Waals surface area contributed by atoms with E-state index in [1.807, 2.05) is 18.3 Å². The van der Waals surface area contributed by atoms with Gasteiger partial charge in [0.05, 0.1) is 23.2 Å². The Morgan fingerprint density at radius 1 is 1.24 bits per heavy atom. The normalized spacial score (nSPS) is 17.5. The molecule has 0 saturated heterocycles. The summed E-state index contributed by atoms with van der Waals surface area (Å²) in [6, 6.07) is 4.06. The molecule has 4 heteroatoms. The summed E-state index contributed by atoms with van der Waals surface area (Å²) in [6.45, 7) is 0. The molecular weight excluding hydrogens is 280 g/mol. The van der Waals surface area contributed by atoms with Crippen LogP contribution in [0.4, 0.5) is 0 Å². The molecule has 1 saturated carbocycles. The first kappa shape index (κ1) is 11.1. The van der Waals surface area contributed by atoms with E-state index in [9.17, 15) is 0 Å². The number of H-pyrrole nitrogens is 1. The van der Waals surface area contributed by atoms with Crippen LogP contribution < -0.4 is 4.74 Å². The highest BCUT2D eigenvalue weighted by Gasteiger charge is 2.16. The third-order valence-corrected chi connectivity index (χ3v) is 3.79. The van der Waals surface area contributed by atoms with Gasteiger partial charge in [-0.15, -0.1) is 0 Å². The molecule has 17 heavy (non-hydrogen) atoms. The topological polar surface area (TPSA) is 37.9 Å². The summed E-state index contributed by atoms with van der Waals surface area (Å²) < 4.78 is 7.15. The Labute approximate surface area is 109 Å². The van der Waals surface area contributed by atoms with Crippen molar-refractivity contribution in [2.45, 2.75) is 38.2 Å². The number of aromatic nitrogens is 2. The summed E-state index contributed by atoms with van der Waals surface area (Å²) in [5.41, 5.74) is 1.02. The lowest BCUT2D eigenvalue weighted by Gasteiger charge is -2.23. The number of nitrogens with one attached hydrogen (secondary N) is 1. The fourth-order valence-electron chi connectivity index (χ4n) is 2.45. The number of hydrogen-bond acceptors (Lipinski definition) is 2. The van der Waals surface area contributed by atoms with Crippen LogP contribution >= 0.6 is 15.9 Å². The Balaban J connectivity index is 1.90. The zero-order valence-corrected chi connectivity index (χ0v) is 11.2. The van der Waals surface area contributed by atoms with Gasteiger partial charge in [0.15, 0.2) is 0 Å². The average Bonchev–Trinajstić information content (AvgIpc) is 2.78. The van der Waals surface area contributed by atoms with Crippen LogP contribution in [0.2, 0.25) is 0 Å². The van der Waals surface area contributed by atoms with Gasteiger partial charge in [-0.05, 0) is 37.8 Å². The van der Waals surface area contributed by atoms with Gasteiger partial charge in [0, 0.05) is 4.47 Å². The zero-order valence-electron chi connectivity index (χ0n) is 9.58. The Morgan fingerprint density at radius 2 is 2.06 bits per heavy atom. The molecule has 1 aromatic carbocycles. The molecular formula is C13H15BrN2O. The minimum Gasteiger partial charge on any atom is -0.490 e. The molecule has 1 aliphatic carbocycles. The summed E-state index contributed by atoms with van der Waals surface area (Å²) in [5.74, 6) is 0.940. The highest BCUT2D eigenvalue weighted by Crippen LogP contribution is 2.31. The standard InChI is InChI=1S/C13H15BrN2O/c14-9-6-12-11(8-15-16-12)13(7-9)17-10-4-2-1-3-5-10/h6-8,10H,1-5H2,(H,15,16). The van der Waals surface area contributed by atoms with Crippen molar-refractivity contribution < 1.29 is 4.74 Å². The zero-order chi connectivity index (χ0) is 11.7. The molecule has 2 aromatic rings. The van der Waals surface area contributed by atoms with Crippen molar-refractivity contribution in [2.75, 3.05) is 0 Å². The van der Waals surface area contributed by atoms with Gasteiger partial charge in [-0.1, -0.05) is 22.4 Å². The van der Waals surface area contributed by atoms with E-state index in [0.29, 0.717) is 6.10 Å². The van der Waals surface area contributed by atoms with Crippen LogP contribution in [0.5, 0.6) is 5.75 Å². The molecule has 0 amide bonds. The van der Waals surface area contributed by atoms with E-state index in [4.69, 9.17) is 4.74 Å². The van der Waals surface area contributed by atoms with Crippen molar-refractivity contribution in [1.29, 1.82) is 0 Å². The summed E-state index contributed by atoms with van der Waals surface area (Å²) >= 11 is 3.51. The third kappa shape index (κ3) is 2.32. The molecule has 1 fully saturated rings. The number of halogens is 1. The predicted octanol–water partition coefficient (Wildman–Crippen LogP) is 4.04. The van der Waals surface area contributed by atoms with Crippen LogP contribution in [0.15, 0.2) is 22.8 Å².